The Balaban J connectivity index is 1.91. The zero-order valence-electron chi connectivity index (χ0n) is 20.6. The quantitative estimate of drug-likeness (QED) is 0.508. The standard InChI is InChI=1S/C24H33BN2O6/c1-22(2,3)31-21(29)26-14-17(25-32-23(4,5)24(6,7)33-25)11-15-9-10-16-13-19(20(28)30-8)27-18(16)12-15/h9-13,27H,14H2,1-8H3,(H,26,29). The van der Waals surface area contributed by atoms with Gasteiger partial charge in [0.2, 0.25) is 0 Å². The molecule has 1 aromatic heterocycles. The molecule has 33 heavy (non-hydrogen) atoms. The van der Waals surface area contributed by atoms with Gasteiger partial charge in [-0.1, -0.05) is 18.2 Å². The maximum absolute atomic E-state index is 12.3. The number of rotatable bonds is 5. The van der Waals surface area contributed by atoms with Crippen LogP contribution in [0, 0.1) is 0 Å². The van der Waals surface area contributed by atoms with Gasteiger partial charge in [0.05, 0.1) is 18.3 Å². The average Bonchev–Trinajstić information content (AvgIpc) is 3.20. The highest BCUT2D eigenvalue weighted by molar-refractivity contribution is 6.56. The first kappa shape index (κ1) is 24.9. The van der Waals surface area contributed by atoms with Crippen molar-refractivity contribution in [1.29, 1.82) is 0 Å². The van der Waals surface area contributed by atoms with E-state index in [4.69, 9.17) is 18.8 Å². The third kappa shape index (κ3) is 5.78. The van der Waals surface area contributed by atoms with Crippen LogP contribution in [0.25, 0.3) is 17.0 Å². The van der Waals surface area contributed by atoms with Crippen molar-refractivity contribution in [3.63, 3.8) is 0 Å². The number of fused-ring (bicyclic) bond motifs is 1. The molecule has 1 aliphatic rings. The van der Waals surface area contributed by atoms with Crippen LogP contribution in [0.2, 0.25) is 0 Å². The zero-order valence-corrected chi connectivity index (χ0v) is 20.6. The predicted molar refractivity (Wildman–Crippen MR) is 128 cm³/mol. The van der Waals surface area contributed by atoms with Crippen LogP contribution >= 0.6 is 0 Å². The Bertz CT molecular complexity index is 1060. The number of amides is 1. The smallest absolute Gasteiger partial charge is 0.464 e. The Morgan fingerprint density at radius 2 is 1.76 bits per heavy atom. The Morgan fingerprint density at radius 3 is 2.33 bits per heavy atom. The van der Waals surface area contributed by atoms with Gasteiger partial charge < -0.3 is 29.1 Å². The highest BCUT2D eigenvalue weighted by Gasteiger charge is 2.52. The van der Waals surface area contributed by atoms with Crippen LogP contribution in [0.1, 0.15) is 64.5 Å². The molecule has 8 nitrogen and oxygen atoms in total. The normalized spacial score (nSPS) is 17.8. The van der Waals surface area contributed by atoms with E-state index in [1.807, 2.05) is 72.7 Å². The lowest BCUT2D eigenvalue weighted by Crippen LogP contribution is -2.41. The summed E-state index contributed by atoms with van der Waals surface area (Å²) in [5.41, 5.74) is 1.11. The number of aromatic amines is 1. The van der Waals surface area contributed by atoms with Gasteiger partial charge in [-0.3, -0.25) is 0 Å². The van der Waals surface area contributed by atoms with Crippen molar-refractivity contribution in [2.45, 2.75) is 65.3 Å². The van der Waals surface area contributed by atoms with E-state index in [0.717, 1.165) is 21.9 Å². The molecule has 0 spiro atoms. The molecular weight excluding hydrogens is 423 g/mol. The molecule has 1 fully saturated rings. The topological polar surface area (TPSA) is 98.9 Å². The highest BCUT2D eigenvalue weighted by Crippen LogP contribution is 2.38. The second-order valence-electron chi connectivity index (χ2n) is 10.2. The zero-order chi connectivity index (χ0) is 24.6. The summed E-state index contributed by atoms with van der Waals surface area (Å²) in [6.45, 7) is 13.5. The van der Waals surface area contributed by atoms with Gasteiger partial charge in [-0.15, -0.1) is 0 Å². The van der Waals surface area contributed by atoms with Crippen LogP contribution in [-0.4, -0.2) is 54.6 Å². The van der Waals surface area contributed by atoms with Gasteiger partial charge in [-0.05, 0) is 71.6 Å². The molecule has 2 N–H and O–H groups in total. The number of methoxy groups -OCH3 is 1. The number of hydrogen-bond acceptors (Lipinski definition) is 6. The largest absolute Gasteiger partial charge is 0.492 e. The predicted octanol–water partition coefficient (Wildman–Crippen LogP) is 4.49. The van der Waals surface area contributed by atoms with E-state index < -0.39 is 36.0 Å². The summed E-state index contributed by atoms with van der Waals surface area (Å²) in [6.07, 6.45) is 1.39. The molecule has 1 saturated heterocycles. The first-order valence-electron chi connectivity index (χ1n) is 10.9. The minimum Gasteiger partial charge on any atom is -0.464 e. The lowest BCUT2D eigenvalue weighted by atomic mass is 9.77. The van der Waals surface area contributed by atoms with Crippen molar-refractivity contribution < 1.29 is 28.4 Å². The summed E-state index contributed by atoms with van der Waals surface area (Å²) in [4.78, 5) is 27.2. The van der Waals surface area contributed by atoms with Crippen LogP contribution in [0.4, 0.5) is 4.79 Å². The molecule has 0 radical (unpaired) electrons. The van der Waals surface area contributed by atoms with Crippen LogP contribution < -0.4 is 5.32 Å². The van der Waals surface area contributed by atoms with Gasteiger partial charge in [0.25, 0.3) is 0 Å². The summed E-state index contributed by atoms with van der Waals surface area (Å²) >= 11 is 0. The maximum atomic E-state index is 12.3. The molecular formula is C24H33BN2O6. The van der Waals surface area contributed by atoms with Crippen molar-refractivity contribution in [3.05, 3.63) is 41.0 Å². The van der Waals surface area contributed by atoms with Gasteiger partial charge in [-0.25, -0.2) is 9.59 Å². The molecule has 3 rings (SSSR count). The number of ether oxygens (including phenoxy) is 2. The first-order chi connectivity index (χ1) is 15.2. The fourth-order valence-corrected chi connectivity index (χ4v) is 3.35. The third-order valence-electron chi connectivity index (χ3n) is 5.80. The second-order valence-corrected chi connectivity index (χ2v) is 10.2. The van der Waals surface area contributed by atoms with Gasteiger partial charge in [-0.2, -0.15) is 0 Å². The van der Waals surface area contributed by atoms with Gasteiger partial charge in [0.1, 0.15) is 11.3 Å². The van der Waals surface area contributed by atoms with Crippen molar-refractivity contribution in [3.8, 4) is 0 Å². The van der Waals surface area contributed by atoms with E-state index in [2.05, 4.69) is 10.3 Å². The SMILES string of the molecule is COC(=O)c1cc2ccc(C=C(CNC(=O)OC(C)(C)C)B3OC(C)(C)C(C)(C)O3)cc2[nH]1. The average molecular weight is 456 g/mol. The van der Waals surface area contributed by atoms with Crippen molar-refractivity contribution in [2.24, 2.45) is 0 Å². The van der Waals surface area contributed by atoms with Crippen LogP contribution in [-0.2, 0) is 18.8 Å². The van der Waals surface area contributed by atoms with Crippen LogP contribution in [0.15, 0.2) is 29.7 Å². The molecule has 2 aromatic rings. The van der Waals surface area contributed by atoms with Crippen molar-refractivity contribution >= 4 is 36.2 Å². The number of carbonyl (C=O) groups excluding carboxylic acids is 2. The molecule has 1 aliphatic heterocycles. The Morgan fingerprint density at radius 1 is 1.12 bits per heavy atom. The number of nitrogens with one attached hydrogen (secondary N) is 2. The lowest BCUT2D eigenvalue weighted by Gasteiger charge is -2.32. The summed E-state index contributed by atoms with van der Waals surface area (Å²) in [5, 5.41) is 3.68. The van der Waals surface area contributed by atoms with Crippen molar-refractivity contribution in [2.75, 3.05) is 13.7 Å². The number of carbonyl (C=O) groups is 2. The number of H-pyrrole nitrogens is 1. The lowest BCUT2D eigenvalue weighted by molar-refractivity contribution is 0.00578. The monoisotopic (exact) mass is 456 g/mol. The molecule has 1 amide bonds. The van der Waals surface area contributed by atoms with Gasteiger partial charge in [0, 0.05) is 17.4 Å². The first-order valence-corrected chi connectivity index (χ1v) is 10.9. The highest BCUT2D eigenvalue weighted by atomic mass is 16.7. The van der Waals surface area contributed by atoms with Crippen molar-refractivity contribution in [1.82, 2.24) is 10.3 Å². The Kier molecular flexibility index (Phi) is 6.68. The molecule has 0 atom stereocenters. The fraction of sp³-hybridized carbons (Fsp3) is 0.500. The number of aromatic nitrogens is 1. The Hall–Kier alpha value is -2.78. The summed E-state index contributed by atoms with van der Waals surface area (Å²) in [6, 6.07) is 7.50. The minimum atomic E-state index is -0.644. The molecule has 2 heterocycles. The van der Waals surface area contributed by atoms with E-state index in [-0.39, 0.29) is 6.54 Å². The molecule has 0 unspecified atom stereocenters. The maximum Gasteiger partial charge on any atom is 0.492 e. The van der Waals surface area contributed by atoms with E-state index in [1.165, 1.54) is 7.11 Å². The number of hydrogen-bond donors (Lipinski definition) is 2. The molecule has 178 valence electrons. The van der Waals surface area contributed by atoms with Crippen LogP contribution in [0.5, 0.6) is 0 Å². The number of esters is 1. The van der Waals surface area contributed by atoms with E-state index in [0.29, 0.717) is 5.69 Å². The molecule has 0 saturated carbocycles. The summed E-state index contributed by atoms with van der Waals surface area (Å²) < 4.78 is 22.6. The summed E-state index contributed by atoms with van der Waals surface area (Å²) in [5.74, 6) is -0.428. The fourth-order valence-electron chi connectivity index (χ4n) is 3.35. The summed E-state index contributed by atoms with van der Waals surface area (Å²) in [7, 11) is 0.700. The molecule has 1 aromatic carbocycles. The minimum absolute atomic E-state index is 0.182. The van der Waals surface area contributed by atoms with Gasteiger partial charge >= 0.3 is 19.2 Å². The van der Waals surface area contributed by atoms with Gasteiger partial charge in [0.15, 0.2) is 0 Å². The second kappa shape index (κ2) is 8.87. The third-order valence-corrected chi connectivity index (χ3v) is 5.80. The van der Waals surface area contributed by atoms with Crippen LogP contribution in [0.3, 0.4) is 0 Å². The Labute approximate surface area is 195 Å². The number of alkyl carbamates (subject to hydrolysis) is 1. The molecule has 0 bridgehead atoms. The van der Waals surface area contributed by atoms with E-state index >= 15 is 0 Å². The molecule has 9 heteroatoms. The molecule has 0 aliphatic carbocycles. The number of benzene rings is 1. The van der Waals surface area contributed by atoms with E-state index in [1.54, 1.807) is 6.07 Å². The van der Waals surface area contributed by atoms with E-state index in [9.17, 15) is 9.59 Å².